The third kappa shape index (κ3) is 5.21. The number of nitrogens with zero attached hydrogens (tertiary/aromatic N) is 2. The number of pyridine rings is 1. The van der Waals surface area contributed by atoms with Crippen LogP contribution in [0.2, 0.25) is 0 Å². The highest BCUT2D eigenvalue weighted by atomic mass is 32.1. The topological polar surface area (TPSA) is 68.4 Å². The molecule has 7 heteroatoms. The van der Waals surface area contributed by atoms with Crippen molar-refractivity contribution in [3.05, 3.63) is 49.7 Å². The molecule has 1 saturated carbocycles. The zero-order chi connectivity index (χ0) is 22.7. The van der Waals surface area contributed by atoms with E-state index >= 15 is 0 Å². The lowest BCUT2D eigenvalue weighted by Gasteiger charge is -2.39. The molecule has 0 radical (unpaired) electrons. The summed E-state index contributed by atoms with van der Waals surface area (Å²) in [6.07, 6.45) is 4.81. The van der Waals surface area contributed by atoms with E-state index in [2.05, 4.69) is 41.1 Å². The Morgan fingerprint density at radius 1 is 1.16 bits per heavy atom. The molecular formula is C24H36N4O2S. The molecule has 2 heterocycles. The highest BCUT2D eigenvalue weighted by molar-refractivity contribution is 7.14. The van der Waals surface area contributed by atoms with Crippen molar-refractivity contribution < 1.29 is 4.79 Å². The lowest BCUT2D eigenvalue weighted by molar-refractivity contribution is 0.0950. The maximum atomic E-state index is 12.9. The van der Waals surface area contributed by atoms with Crippen LogP contribution in [0.4, 0.5) is 5.00 Å². The molecule has 31 heavy (non-hydrogen) atoms. The van der Waals surface area contributed by atoms with E-state index < -0.39 is 0 Å². The van der Waals surface area contributed by atoms with Gasteiger partial charge in [-0.05, 0) is 73.0 Å². The number of rotatable bonds is 7. The van der Waals surface area contributed by atoms with Crippen LogP contribution in [0.3, 0.4) is 0 Å². The molecule has 2 aromatic rings. The summed E-state index contributed by atoms with van der Waals surface area (Å²) in [6, 6.07) is 2.78. The van der Waals surface area contributed by atoms with Crippen LogP contribution < -0.4 is 15.6 Å². The van der Waals surface area contributed by atoms with E-state index in [1.54, 1.807) is 17.4 Å². The average Bonchev–Trinajstić information content (AvgIpc) is 3.09. The van der Waals surface area contributed by atoms with Gasteiger partial charge in [-0.2, -0.15) is 0 Å². The SMILES string of the molecule is CCN(c1scc(C(=O)NCc2c(C)[nH]c(C)cc2=O)c1C)C1CCC(N(C)C)CC1. The van der Waals surface area contributed by atoms with Crippen molar-refractivity contribution in [2.24, 2.45) is 0 Å². The number of anilines is 1. The summed E-state index contributed by atoms with van der Waals surface area (Å²) in [4.78, 5) is 33.2. The van der Waals surface area contributed by atoms with Gasteiger partial charge in [0, 0.05) is 53.6 Å². The van der Waals surface area contributed by atoms with Crippen molar-refractivity contribution in [1.82, 2.24) is 15.2 Å². The second-order valence-electron chi connectivity index (χ2n) is 8.89. The fraction of sp³-hybridized carbons (Fsp3) is 0.583. The van der Waals surface area contributed by atoms with E-state index in [0.29, 0.717) is 23.2 Å². The third-order valence-electron chi connectivity index (χ3n) is 6.60. The first-order chi connectivity index (χ1) is 14.7. The highest BCUT2D eigenvalue weighted by Gasteiger charge is 2.28. The van der Waals surface area contributed by atoms with E-state index in [-0.39, 0.29) is 17.9 Å². The molecule has 0 aromatic carbocycles. The van der Waals surface area contributed by atoms with Crippen LogP contribution in [0.5, 0.6) is 0 Å². The molecule has 0 saturated heterocycles. The van der Waals surface area contributed by atoms with Gasteiger partial charge >= 0.3 is 0 Å². The minimum atomic E-state index is -0.119. The molecule has 1 aliphatic rings. The zero-order valence-electron chi connectivity index (χ0n) is 19.7. The van der Waals surface area contributed by atoms with Gasteiger partial charge in [0.1, 0.15) is 0 Å². The first-order valence-electron chi connectivity index (χ1n) is 11.2. The molecule has 2 N–H and O–H groups in total. The summed E-state index contributed by atoms with van der Waals surface area (Å²) in [5, 5.41) is 6.11. The number of thiophene rings is 1. The molecule has 170 valence electrons. The number of carbonyl (C=O) groups excluding carboxylic acids is 1. The number of hydrogen-bond acceptors (Lipinski definition) is 5. The number of hydrogen-bond donors (Lipinski definition) is 2. The maximum Gasteiger partial charge on any atom is 0.252 e. The fourth-order valence-corrected chi connectivity index (χ4v) is 5.94. The zero-order valence-corrected chi connectivity index (χ0v) is 20.5. The van der Waals surface area contributed by atoms with Crippen LogP contribution in [0.15, 0.2) is 16.2 Å². The average molecular weight is 445 g/mol. The molecule has 1 fully saturated rings. The molecule has 1 amide bonds. The predicted molar refractivity (Wildman–Crippen MR) is 130 cm³/mol. The van der Waals surface area contributed by atoms with Gasteiger partial charge in [0.15, 0.2) is 5.43 Å². The van der Waals surface area contributed by atoms with Crippen molar-refractivity contribution >= 4 is 22.2 Å². The Kier molecular flexibility index (Phi) is 7.59. The summed E-state index contributed by atoms with van der Waals surface area (Å²) in [5.74, 6) is -0.119. The molecule has 2 aromatic heterocycles. The largest absolute Gasteiger partial charge is 0.362 e. The smallest absolute Gasteiger partial charge is 0.252 e. The van der Waals surface area contributed by atoms with Gasteiger partial charge in [0.05, 0.1) is 10.6 Å². The molecule has 0 atom stereocenters. The monoisotopic (exact) mass is 444 g/mol. The molecule has 1 aliphatic carbocycles. The predicted octanol–water partition coefficient (Wildman–Crippen LogP) is 3.99. The number of aromatic amines is 1. The Morgan fingerprint density at radius 2 is 1.81 bits per heavy atom. The van der Waals surface area contributed by atoms with Gasteiger partial charge in [0.25, 0.3) is 5.91 Å². The highest BCUT2D eigenvalue weighted by Crippen LogP contribution is 2.36. The fourth-order valence-electron chi connectivity index (χ4n) is 4.73. The van der Waals surface area contributed by atoms with Crippen molar-refractivity contribution in [3.63, 3.8) is 0 Å². The van der Waals surface area contributed by atoms with Gasteiger partial charge in [-0.1, -0.05) is 0 Å². The normalized spacial score (nSPS) is 18.9. The number of aromatic nitrogens is 1. The third-order valence-corrected chi connectivity index (χ3v) is 7.72. The summed E-state index contributed by atoms with van der Waals surface area (Å²) < 4.78 is 0. The second-order valence-corrected chi connectivity index (χ2v) is 9.75. The quantitative estimate of drug-likeness (QED) is 0.678. The standard InChI is InChI=1S/C24H36N4O2S/c1-7-28(19-10-8-18(9-11-19)27(5)6)24-16(3)21(14-31-24)23(30)25-13-20-17(4)26-15(2)12-22(20)29/h12,14,18-19H,7-11,13H2,1-6H3,(H,25,30)(H,26,29). The van der Waals surface area contributed by atoms with Gasteiger partial charge in [-0.3, -0.25) is 9.59 Å². The number of H-pyrrole nitrogens is 1. The minimum absolute atomic E-state index is 0.0396. The number of carbonyl (C=O) groups is 1. The Bertz CT molecular complexity index is 970. The van der Waals surface area contributed by atoms with Crippen LogP contribution in [0.25, 0.3) is 0 Å². The second kappa shape index (κ2) is 10.0. The van der Waals surface area contributed by atoms with Gasteiger partial charge in [0.2, 0.25) is 0 Å². The van der Waals surface area contributed by atoms with Gasteiger partial charge in [-0.15, -0.1) is 11.3 Å². The Labute approximate surface area is 189 Å². The summed E-state index contributed by atoms with van der Waals surface area (Å²) >= 11 is 1.65. The van der Waals surface area contributed by atoms with Crippen molar-refractivity contribution in [1.29, 1.82) is 0 Å². The molecular weight excluding hydrogens is 408 g/mol. The van der Waals surface area contributed by atoms with E-state index in [4.69, 9.17) is 0 Å². The van der Waals surface area contributed by atoms with E-state index in [9.17, 15) is 9.59 Å². The molecule has 0 spiro atoms. The van der Waals surface area contributed by atoms with Crippen LogP contribution in [0, 0.1) is 20.8 Å². The molecule has 3 rings (SSSR count). The minimum Gasteiger partial charge on any atom is -0.362 e. The van der Waals surface area contributed by atoms with Crippen LogP contribution in [-0.4, -0.2) is 48.5 Å². The molecule has 0 aliphatic heterocycles. The van der Waals surface area contributed by atoms with Gasteiger partial charge < -0.3 is 20.1 Å². The van der Waals surface area contributed by atoms with Crippen molar-refractivity contribution in [3.8, 4) is 0 Å². The molecule has 0 unspecified atom stereocenters. The Hall–Kier alpha value is -2.12. The first-order valence-corrected chi connectivity index (χ1v) is 12.1. The van der Waals surface area contributed by atoms with E-state index in [1.165, 1.54) is 30.7 Å². The number of nitrogens with one attached hydrogen (secondary N) is 2. The van der Waals surface area contributed by atoms with E-state index in [0.717, 1.165) is 23.5 Å². The first kappa shape index (κ1) is 23.5. The summed E-state index contributed by atoms with van der Waals surface area (Å²) in [5.41, 5.74) is 3.95. The van der Waals surface area contributed by atoms with Crippen LogP contribution >= 0.6 is 11.3 Å². The summed E-state index contributed by atoms with van der Waals surface area (Å²) in [7, 11) is 4.34. The number of amides is 1. The number of aryl methyl sites for hydroxylation is 2. The summed E-state index contributed by atoms with van der Waals surface area (Å²) in [6.45, 7) is 9.14. The van der Waals surface area contributed by atoms with E-state index in [1.807, 2.05) is 26.2 Å². The molecule has 6 nitrogen and oxygen atoms in total. The maximum absolute atomic E-state index is 12.9. The Balaban J connectivity index is 1.70. The van der Waals surface area contributed by atoms with Gasteiger partial charge in [-0.25, -0.2) is 0 Å². The van der Waals surface area contributed by atoms with Crippen LogP contribution in [0.1, 0.15) is 65.5 Å². The van der Waals surface area contributed by atoms with Crippen LogP contribution in [-0.2, 0) is 6.54 Å². The lowest BCUT2D eigenvalue weighted by Crippen LogP contribution is -2.42. The van der Waals surface area contributed by atoms with Crippen molar-refractivity contribution in [2.75, 3.05) is 25.5 Å². The Morgan fingerprint density at radius 3 is 2.39 bits per heavy atom. The molecule has 0 bridgehead atoms. The van der Waals surface area contributed by atoms with Crippen molar-refractivity contribution in [2.45, 2.75) is 72.0 Å². The lowest BCUT2D eigenvalue weighted by atomic mass is 9.89.